The molecule has 2 aromatic rings. The van der Waals surface area contributed by atoms with Crippen LogP contribution in [0, 0.1) is 12.8 Å². The molecule has 1 amide bonds. The molecule has 4 heteroatoms. The smallest absolute Gasteiger partial charge is 0.223 e. The summed E-state index contributed by atoms with van der Waals surface area (Å²) >= 11 is 0. The number of carbonyl (C=O) groups is 1. The first kappa shape index (κ1) is 20.4. The summed E-state index contributed by atoms with van der Waals surface area (Å²) in [5, 5.41) is 3.10. The molecule has 0 aliphatic carbocycles. The fourth-order valence-electron chi connectivity index (χ4n) is 3.71. The number of aryl methyl sites for hydroxylation is 1. The van der Waals surface area contributed by atoms with Crippen molar-refractivity contribution in [3.63, 3.8) is 0 Å². The summed E-state index contributed by atoms with van der Waals surface area (Å²) in [6.07, 6.45) is 2.03. The Hall–Kier alpha value is -2.33. The van der Waals surface area contributed by atoms with Gasteiger partial charge in [0.1, 0.15) is 5.75 Å². The number of benzene rings is 2. The van der Waals surface area contributed by atoms with E-state index in [1.54, 1.807) is 0 Å². The molecular formula is C24H32N2O2. The molecule has 0 unspecified atom stereocenters. The highest BCUT2D eigenvalue weighted by molar-refractivity contribution is 5.78. The summed E-state index contributed by atoms with van der Waals surface area (Å²) in [7, 11) is 0. The summed E-state index contributed by atoms with van der Waals surface area (Å²) in [4.78, 5) is 15.0. The average molecular weight is 381 g/mol. The number of amides is 1. The predicted molar refractivity (Wildman–Crippen MR) is 113 cm³/mol. The summed E-state index contributed by atoms with van der Waals surface area (Å²) in [5.74, 6) is 1.17. The van der Waals surface area contributed by atoms with Crippen molar-refractivity contribution in [3.8, 4) is 5.75 Å². The number of carbonyl (C=O) groups excluding carboxylic acids is 1. The summed E-state index contributed by atoms with van der Waals surface area (Å²) in [6, 6.07) is 16.6. The van der Waals surface area contributed by atoms with E-state index < -0.39 is 0 Å². The molecule has 2 aromatic carbocycles. The van der Waals surface area contributed by atoms with Gasteiger partial charge in [-0.05, 0) is 70.0 Å². The second kappa shape index (κ2) is 9.74. The standard InChI is InChI=1S/C24H32N2O2/c1-18(2)28-23-9-7-20(8-10-23)16-25-24(27)22-11-13-26(14-12-22)17-21-6-4-5-19(3)15-21/h4-10,15,18,22H,11-14,16-17H2,1-3H3,(H,25,27). The number of piperidine rings is 1. The van der Waals surface area contributed by atoms with E-state index in [9.17, 15) is 4.79 Å². The fourth-order valence-corrected chi connectivity index (χ4v) is 3.71. The minimum absolute atomic E-state index is 0.123. The van der Waals surface area contributed by atoms with Crippen LogP contribution in [-0.2, 0) is 17.9 Å². The van der Waals surface area contributed by atoms with Crippen LogP contribution in [-0.4, -0.2) is 30.0 Å². The largest absolute Gasteiger partial charge is 0.491 e. The number of hydrogen-bond acceptors (Lipinski definition) is 3. The molecule has 0 spiro atoms. The second-order valence-corrected chi connectivity index (χ2v) is 8.07. The normalized spacial score (nSPS) is 15.6. The van der Waals surface area contributed by atoms with Crippen molar-refractivity contribution in [3.05, 3.63) is 65.2 Å². The van der Waals surface area contributed by atoms with Crippen LogP contribution in [0.1, 0.15) is 43.4 Å². The molecule has 0 bridgehead atoms. The van der Waals surface area contributed by atoms with Gasteiger partial charge in [0, 0.05) is 19.0 Å². The Labute approximate surface area is 168 Å². The van der Waals surface area contributed by atoms with Gasteiger partial charge in [-0.3, -0.25) is 9.69 Å². The maximum absolute atomic E-state index is 12.5. The lowest BCUT2D eigenvalue weighted by atomic mass is 9.95. The van der Waals surface area contributed by atoms with E-state index in [2.05, 4.69) is 41.4 Å². The average Bonchev–Trinajstić information content (AvgIpc) is 2.67. The highest BCUT2D eigenvalue weighted by Gasteiger charge is 2.24. The maximum Gasteiger partial charge on any atom is 0.223 e. The lowest BCUT2D eigenvalue weighted by molar-refractivity contribution is -0.126. The quantitative estimate of drug-likeness (QED) is 0.778. The van der Waals surface area contributed by atoms with Gasteiger partial charge in [0.05, 0.1) is 6.10 Å². The van der Waals surface area contributed by atoms with Crippen LogP contribution >= 0.6 is 0 Å². The van der Waals surface area contributed by atoms with Crippen LogP contribution in [0.5, 0.6) is 5.75 Å². The predicted octanol–water partition coefficient (Wildman–Crippen LogP) is 4.31. The van der Waals surface area contributed by atoms with E-state index in [0.717, 1.165) is 43.8 Å². The van der Waals surface area contributed by atoms with Crippen LogP contribution in [0.25, 0.3) is 0 Å². The van der Waals surface area contributed by atoms with E-state index in [4.69, 9.17) is 4.74 Å². The Balaban J connectivity index is 1.41. The summed E-state index contributed by atoms with van der Waals surface area (Å²) in [5.41, 5.74) is 3.75. The zero-order chi connectivity index (χ0) is 19.9. The summed E-state index contributed by atoms with van der Waals surface area (Å²) in [6.45, 7) is 9.66. The van der Waals surface area contributed by atoms with Gasteiger partial charge in [-0.15, -0.1) is 0 Å². The van der Waals surface area contributed by atoms with E-state index >= 15 is 0 Å². The van der Waals surface area contributed by atoms with Crippen molar-refractivity contribution >= 4 is 5.91 Å². The van der Waals surface area contributed by atoms with Crippen LogP contribution < -0.4 is 10.1 Å². The molecule has 28 heavy (non-hydrogen) atoms. The van der Waals surface area contributed by atoms with Gasteiger partial charge in [-0.1, -0.05) is 42.0 Å². The fraction of sp³-hybridized carbons (Fsp3) is 0.458. The third-order valence-corrected chi connectivity index (χ3v) is 5.21. The molecule has 0 radical (unpaired) electrons. The van der Waals surface area contributed by atoms with Crippen molar-refractivity contribution in [2.75, 3.05) is 13.1 Å². The van der Waals surface area contributed by atoms with Crippen LogP contribution in [0.4, 0.5) is 0 Å². The van der Waals surface area contributed by atoms with Gasteiger partial charge in [-0.25, -0.2) is 0 Å². The highest BCUT2D eigenvalue weighted by atomic mass is 16.5. The Morgan fingerprint density at radius 1 is 1.11 bits per heavy atom. The Kier molecular flexibility index (Phi) is 7.10. The Morgan fingerprint density at radius 3 is 2.46 bits per heavy atom. The first-order chi connectivity index (χ1) is 13.5. The molecule has 1 heterocycles. The number of hydrogen-bond donors (Lipinski definition) is 1. The molecule has 0 aromatic heterocycles. The van der Waals surface area contributed by atoms with Crippen LogP contribution in [0.15, 0.2) is 48.5 Å². The van der Waals surface area contributed by atoms with Crippen molar-refractivity contribution < 1.29 is 9.53 Å². The first-order valence-electron chi connectivity index (χ1n) is 10.3. The van der Waals surface area contributed by atoms with Gasteiger partial charge in [-0.2, -0.15) is 0 Å². The molecule has 1 N–H and O–H groups in total. The lowest BCUT2D eigenvalue weighted by Crippen LogP contribution is -2.40. The number of ether oxygens (including phenoxy) is 1. The first-order valence-corrected chi connectivity index (χ1v) is 10.3. The number of nitrogens with zero attached hydrogens (tertiary/aromatic N) is 1. The van der Waals surface area contributed by atoms with Gasteiger partial charge >= 0.3 is 0 Å². The molecule has 3 rings (SSSR count). The van der Waals surface area contributed by atoms with Crippen molar-refractivity contribution in [2.24, 2.45) is 5.92 Å². The number of likely N-dealkylation sites (tertiary alicyclic amines) is 1. The molecule has 150 valence electrons. The second-order valence-electron chi connectivity index (χ2n) is 8.07. The van der Waals surface area contributed by atoms with E-state index in [1.807, 2.05) is 38.1 Å². The van der Waals surface area contributed by atoms with E-state index in [0.29, 0.717) is 6.54 Å². The third-order valence-electron chi connectivity index (χ3n) is 5.21. The molecule has 4 nitrogen and oxygen atoms in total. The SMILES string of the molecule is Cc1cccc(CN2CCC(C(=O)NCc3ccc(OC(C)C)cc3)CC2)c1. The molecule has 1 aliphatic heterocycles. The van der Waals surface area contributed by atoms with Crippen molar-refractivity contribution in [2.45, 2.75) is 52.8 Å². The van der Waals surface area contributed by atoms with Gasteiger partial charge in [0.15, 0.2) is 0 Å². The van der Waals surface area contributed by atoms with Crippen LogP contribution in [0.2, 0.25) is 0 Å². The molecule has 0 saturated carbocycles. The zero-order valence-electron chi connectivity index (χ0n) is 17.3. The minimum atomic E-state index is 0.123. The number of nitrogens with one attached hydrogen (secondary N) is 1. The molecular weight excluding hydrogens is 348 g/mol. The molecule has 1 saturated heterocycles. The monoisotopic (exact) mass is 380 g/mol. The molecule has 1 fully saturated rings. The third kappa shape index (κ3) is 6.10. The van der Waals surface area contributed by atoms with Gasteiger partial charge in [0.2, 0.25) is 5.91 Å². The Morgan fingerprint density at radius 2 is 1.82 bits per heavy atom. The maximum atomic E-state index is 12.5. The molecule has 0 atom stereocenters. The van der Waals surface area contributed by atoms with Gasteiger partial charge in [0.25, 0.3) is 0 Å². The highest BCUT2D eigenvalue weighted by Crippen LogP contribution is 2.20. The molecule has 1 aliphatic rings. The minimum Gasteiger partial charge on any atom is -0.491 e. The zero-order valence-corrected chi connectivity index (χ0v) is 17.3. The van der Waals surface area contributed by atoms with E-state index in [-0.39, 0.29) is 17.9 Å². The topological polar surface area (TPSA) is 41.6 Å². The van der Waals surface area contributed by atoms with Crippen molar-refractivity contribution in [1.29, 1.82) is 0 Å². The van der Waals surface area contributed by atoms with Crippen LogP contribution in [0.3, 0.4) is 0 Å². The van der Waals surface area contributed by atoms with E-state index in [1.165, 1.54) is 11.1 Å². The Bertz CT molecular complexity index is 762. The number of rotatable bonds is 7. The summed E-state index contributed by atoms with van der Waals surface area (Å²) < 4.78 is 5.66. The lowest BCUT2D eigenvalue weighted by Gasteiger charge is -2.31. The van der Waals surface area contributed by atoms with Crippen molar-refractivity contribution in [1.82, 2.24) is 10.2 Å². The van der Waals surface area contributed by atoms with Gasteiger partial charge < -0.3 is 10.1 Å².